The fraction of sp³-hybridized carbons (Fsp3) is 0.615. The number of rotatable bonds is 6. The predicted molar refractivity (Wildman–Crippen MR) is 74.7 cm³/mol. The van der Waals surface area contributed by atoms with Gasteiger partial charge in [0.2, 0.25) is 0 Å². The summed E-state index contributed by atoms with van der Waals surface area (Å²) >= 11 is 0. The lowest BCUT2D eigenvalue weighted by Gasteiger charge is -2.37. The van der Waals surface area contributed by atoms with Crippen molar-refractivity contribution in [2.75, 3.05) is 19.6 Å². The van der Waals surface area contributed by atoms with Gasteiger partial charge in [0.05, 0.1) is 17.2 Å². The average Bonchev–Trinajstić information content (AvgIpc) is 2.77. The van der Waals surface area contributed by atoms with Crippen molar-refractivity contribution in [3.05, 3.63) is 28.1 Å². The van der Waals surface area contributed by atoms with E-state index in [2.05, 4.69) is 5.32 Å². The Hall–Kier alpha value is -1.89. The van der Waals surface area contributed by atoms with Crippen LogP contribution in [0.25, 0.3) is 0 Å². The van der Waals surface area contributed by atoms with E-state index in [1.165, 1.54) is 12.3 Å². The molecule has 0 radical (unpaired) electrons. The molecule has 20 heavy (non-hydrogen) atoms. The lowest BCUT2D eigenvalue weighted by molar-refractivity contribution is -0.384. The topological polar surface area (TPSA) is 80.4 Å². The van der Waals surface area contributed by atoms with Gasteiger partial charge in [-0.3, -0.25) is 14.9 Å². The zero-order valence-electron chi connectivity index (χ0n) is 11.8. The van der Waals surface area contributed by atoms with Gasteiger partial charge in [0.25, 0.3) is 11.6 Å². The summed E-state index contributed by atoms with van der Waals surface area (Å²) in [6.45, 7) is 6.70. The highest BCUT2D eigenvalue weighted by Crippen LogP contribution is 2.20. The lowest BCUT2D eigenvalue weighted by atomic mass is 10.1. The Labute approximate surface area is 117 Å². The second-order valence-corrected chi connectivity index (χ2v) is 4.94. The number of amides is 1. The molecule has 0 saturated carbocycles. The van der Waals surface area contributed by atoms with Crippen LogP contribution in [0.4, 0.5) is 5.69 Å². The molecule has 0 atom stereocenters. The van der Waals surface area contributed by atoms with Crippen molar-refractivity contribution in [2.45, 2.75) is 32.9 Å². The van der Waals surface area contributed by atoms with Crippen molar-refractivity contribution in [2.24, 2.45) is 0 Å². The summed E-state index contributed by atoms with van der Waals surface area (Å²) < 4.78 is 1.69. The largest absolute Gasteiger partial charge is 0.337 e. The first-order valence-corrected chi connectivity index (χ1v) is 6.94. The van der Waals surface area contributed by atoms with Crippen LogP contribution in [0.15, 0.2) is 12.3 Å². The van der Waals surface area contributed by atoms with E-state index in [1.807, 2.05) is 13.8 Å². The van der Waals surface area contributed by atoms with Gasteiger partial charge in [-0.2, -0.15) is 0 Å². The van der Waals surface area contributed by atoms with Crippen molar-refractivity contribution >= 4 is 11.6 Å². The molecule has 0 spiro atoms. The first-order valence-electron chi connectivity index (χ1n) is 6.94. The SMILES string of the molecule is CCCn1cc([N+](=O)[O-])cc1C(=O)N(CC)C1CNC1. The molecule has 1 aliphatic heterocycles. The molecule has 1 aromatic rings. The van der Waals surface area contributed by atoms with Crippen molar-refractivity contribution < 1.29 is 9.72 Å². The van der Waals surface area contributed by atoms with Crippen molar-refractivity contribution in [3.63, 3.8) is 0 Å². The number of nitrogens with zero attached hydrogens (tertiary/aromatic N) is 3. The summed E-state index contributed by atoms with van der Waals surface area (Å²) in [6.07, 6.45) is 2.27. The Morgan fingerprint density at radius 1 is 1.55 bits per heavy atom. The van der Waals surface area contributed by atoms with Crippen LogP contribution in [0.5, 0.6) is 0 Å². The molecule has 2 heterocycles. The third-order valence-electron chi connectivity index (χ3n) is 3.58. The summed E-state index contributed by atoms with van der Waals surface area (Å²) in [5.41, 5.74) is 0.386. The minimum atomic E-state index is -0.454. The Kier molecular flexibility index (Phi) is 4.39. The maximum atomic E-state index is 12.6. The minimum absolute atomic E-state index is 0.0235. The van der Waals surface area contributed by atoms with Crippen LogP contribution >= 0.6 is 0 Å². The minimum Gasteiger partial charge on any atom is -0.337 e. The number of hydrogen-bond donors (Lipinski definition) is 1. The van der Waals surface area contributed by atoms with Gasteiger partial charge < -0.3 is 14.8 Å². The third-order valence-corrected chi connectivity index (χ3v) is 3.58. The molecule has 1 aromatic heterocycles. The number of nitro groups is 1. The summed E-state index contributed by atoms with van der Waals surface area (Å²) in [6, 6.07) is 1.57. The van der Waals surface area contributed by atoms with Gasteiger partial charge in [-0.25, -0.2) is 0 Å². The van der Waals surface area contributed by atoms with Gasteiger partial charge in [0.15, 0.2) is 0 Å². The summed E-state index contributed by atoms with van der Waals surface area (Å²) in [5, 5.41) is 14.0. The van der Waals surface area contributed by atoms with Crippen LogP contribution in [0.2, 0.25) is 0 Å². The Morgan fingerprint density at radius 3 is 2.70 bits per heavy atom. The Morgan fingerprint density at radius 2 is 2.25 bits per heavy atom. The first-order chi connectivity index (χ1) is 9.58. The summed E-state index contributed by atoms with van der Waals surface area (Å²) in [5.74, 6) is -0.124. The lowest BCUT2D eigenvalue weighted by Crippen LogP contribution is -2.58. The highest BCUT2D eigenvalue weighted by molar-refractivity contribution is 5.94. The quantitative estimate of drug-likeness (QED) is 0.628. The van der Waals surface area contributed by atoms with Crippen LogP contribution in [0.1, 0.15) is 30.8 Å². The predicted octanol–water partition coefficient (Wildman–Crippen LogP) is 1.24. The maximum absolute atomic E-state index is 12.6. The second-order valence-electron chi connectivity index (χ2n) is 4.94. The number of aromatic nitrogens is 1. The molecule has 1 N–H and O–H groups in total. The molecule has 110 valence electrons. The van der Waals surface area contributed by atoms with Crippen molar-refractivity contribution in [1.82, 2.24) is 14.8 Å². The van der Waals surface area contributed by atoms with Crippen molar-refractivity contribution in [3.8, 4) is 0 Å². The van der Waals surface area contributed by atoms with Gasteiger partial charge in [-0.15, -0.1) is 0 Å². The van der Waals surface area contributed by atoms with Gasteiger partial charge in [0.1, 0.15) is 5.69 Å². The summed E-state index contributed by atoms with van der Waals surface area (Å²) in [4.78, 5) is 24.8. The number of aryl methyl sites for hydroxylation is 1. The first kappa shape index (κ1) is 14.5. The molecule has 1 saturated heterocycles. The third kappa shape index (κ3) is 2.67. The van der Waals surface area contributed by atoms with Gasteiger partial charge in [-0.05, 0) is 13.3 Å². The molecule has 1 amide bonds. The molecule has 0 aromatic carbocycles. The number of carbonyl (C=O) groups excluding carboxylic acids is 1. The highest BCUT2D eigenvalue weighted by Gasteiger charge is 2.30. The monoisotopic (exact) mass is 280 g/mol. The molecule has 0 unspecified atom stereocenters. The molecule has 1 aliphatic rings. The molecule has 7 heteroatoms. The molecular formula is C13H20N4O3. The number of nitrogens with one attached hydrogen (secondary N) is 1. The Bertz CT molecular complexity index is 508. The van der Waals surface area contributed by atoms with Crippen LogP contribution in [0.3, 0.4) is 0 Å². The van der Waals surface area contributed by atoms with Crippen LogP contribution in [-0.4, -0.2) is 46.0 Å². The van der Waals surface area contributed by atoms with E-state index >= 15 is 0 Å². The molecule has 2 rings (SSSR count). The van der Waals surface area contributed by atoms with E-state index in [-0.39, 0.29) is 17.6 Å². The van der Waals surface area contributed by atoms with E-state index < -0.39 is 4.92 Å². The molecule has 0 bridgehead atoms. The number of hydrogen-bond acceptors (Lipinski definition) is 4. The van der Waals surface area contributed by atoms with Crippen LogP contribution < -0.4 is 5.32 Å². The molecule has 1 fully saturated rings. The molecular weight excluding hydrogens is 260 g/mol. The standard InChI is InChI=1S/C13H20N4O3/c1-3-5-15-9-10(17(19)20)6-12(15)13(18)16(4-2)11-7-14-8-11/h6,9,11,14H,3-5,7-8H2,1-2H3. The Balaban J connectivity index is 2.28. The fourth-order valence-electron chi connectivity index (χ4n) is 2.41. The number of carbonyl (C=O) groups is 1. The van der Waals surface area contributed by atoms with Crippen LogP contribution in [-0.2, 0) is 6.54 Å². The zero-order chi connectivity index (χ0) is 14.7. The normalized spacial score (nSPS) is 14.9. The van der Waals surface area contributed by atoms with Gasteiger partial charge in [0, 0.05) is 32.2 Å². The van der Waals surface area contributed by atoms with Crippen molar-refractivity contribution in [1.29, 1.82) is 0 Å². The van der Waals surface area contributed by atoms with E-state index in [9.17, 15) is 14.9 Å². The van der Waals surface area contributed by atoms with E-state index in [1.54, 1.807) is 9.47 Å². The van der Waals surface area contributed by atoms with E-state index in [0.29, 0.717) is 18.8 Å². The zero-order valence-corrected chi connectivity index (χ0v) is 11.8. The van der Waals surface area contributed by atoms with E-state index in [4.69, 9.17) is 0 Å². The van der Waals surface area contributed by atoms with Gasteiger partial charge >= 0.3 is 0 Å². The van der Waals surface area contributed by atoms with E-state index in [0.717, 1.165) is 19.5 Å². The molecule has 7 nitrogen and oxygen atoms in total. The fourth-order valence-corrected chi connectivity index (χ4v) is 2.41. The maximum Gasteiger partial charge on any atom is 0.287 e. The smallest absolute Gasteiger partial charge is 0.287 e. The van der Waals surface area contributed by atoms with Crippen LogP contribution in [0, 0.1) is 10.1 Å². The highest BCUT2D eigenvalue weighted by atomic mass is 16.6. The number of likely N-dealkylation sites (N-methyl/N-ethyl adjacent to an activating group) is 1. The molecule has 0 aliphatic carbocycles. The average molecular weight is 280 g/mol. The van der Waals surface area contributed by atoms with Gasteiger partial charge in [-0.1, -0.05) is 6.92 Å². The summed E-state index contributed by atoms with van der Waals surface area (Å²) in [7, 11) is 0. The second kappa shape index (κ2) is 6.04.